The molecule has 1 saturated carbocycles. The summed E-state index contributed by atoms with van der Waals surface area (Å²) in [7, 11) is 0. The van der Waals surface area contributed by atoms with Crippen LogP contribution in [-0.4, -0.2) is 18.8 Å². The van der Waals surface area contributed by atoms with E-state index in [1.54, 1.807) is 0 Å². The minimum atomic E-state index is 0.260. The molecule has 1 atom stereocenters. The first-order chi connectivity index (χ1) is 8.69. The molecule has 0 aromatic heterocycles. The average Bonchev–Trinajstić information content (AvgIpc) is 2.29. The van der Waals surface area contributed by atoms with Gasteiger partial charge < -0.3 is 10.5 Å². The van der Waals surface area contributed by atoms with Crippen molar-refractivity contribution in [3.8, 4) is 0 Å². The van der Waals surface area contributed by atoms with Crippen LogP contribution >= 0.6 is 15.9 Å². The summed E-state index contributed by atoms with van der Waals surface area (Å²) in [4.78, 5) is 0. The van der Waals surface area contributed by atoms with Gasteiger partial charge in [0, 0.05) is 17.1 Å². The van der Waals surface area contributed by atoms with Crippen molar-refractivity contribution in [1.29, 1.82) is 0 Å². The zero-order valence-corrected chi connectivity index (χ0v) is 12.5. The van der Waals surface area contributed by atoms with Crippen molar-refractivity contribution < 1.29 is 4.74 Å². The van der Waals surface area contributed by atoms with Crippen molar-refractivity contribution in [2.75, 3.05) is 6.61 Å². The lowest BCUT2D eigenvalue weighted by Gasteiger charge is -2.36. The highest BCUT2D eigenvalue weighted by atomic mass is 79.9. The lowest BCUT2D eigenvalue weighted by atomic mass is 9.77. The van der Waals surface area contributed by atoms with Gasteiger partial charge in [0.25, 0.3) is 0 Å². The highest BCUT2D eigenvalue weighted by molar-refractivity contribution is 9.10. The number of hydrogen-bond acceptors (Lipinski definition) is 2. The molecule has 1 aromatic rings. The van der Waals surface area contributed by atoms with Crippen LogP contribution in [0.3, 0.4) is 0 Å². The van der Waals surface area contributed by atoms with Crippen LogP contribution in [0.1, 0.15) is 31.7 Å². The third-order valence-corrected chi connectivity index (χ3v) is 4.44. The lowest BCUT2D eigenvalue weighted by Crippen LogP contribution is -2.36. The summed E-state index contributed by atoms with van der Waals surface area (Å²) in [6.07, 6.45) is 4.95. The van der Waals surface area contributed by atoms with Gasteiger partial charge in [-0.3, -0.25) is 0 Å². The molecule has 0 spiro atoms. The van der Waals surface area contributed by atoms with Crippen LogP contribution in [0.2, 0.25) is 0 Å². The van der Waals surface area contributed by atoms with Crippen molar-refractivity contribution in [2.45, 2.75) is 44.8 Å². The molecule has 0 heterocycles. The monoisotopic (exact) mass is 311 g/mol. The largest absolute Gasteiger partial charge is 0.378 e. The molecule has 0 saturated heterocycles. The summed E-state index contributed by atoms with van der Waals surface area (Å²) in [5, 5.41) is 0. The highest BCUT2D eigenvalue weighted by Crippen LogP contribution is 2.34. The van der Waals surface area contributed by atoms with Gasteiger partial charge in [0.2, 0.25) is 0 Å². The number of hydrogen-bond donors (Lipinski definition) is 1. The third kappa shape index (κ3) is 3.81. The third-order valence-electron chi connectivity index (χ3n) is 3.67. The average molecular weight is 312 g/mol. The molecule has 0 radical (unpaired) electrons. The standard InChI is InChI=1S/C15H22BrNO/c1-2-18-14-8-11(9-14)7-13(17)10-12-5-3-4-6-15(12)16/h3-6,11,13-14H,2,7-10,17H2,1H3. The number of nitrogens with two attached hydrogens (primary N) is 1. The molecule has 2 N–H and O–H groups in total. The first-order valence-corrected chi connectivity index (χ1v) is 7.59. The summed E-state index contributed by atoms with van der Waals surface area (Å²) < 4.78 is 6.75. The van der Waals surface area contributed by atoms with Crippen molar-refractivity contribution in [3.05, 3.63) is 34.3 Å². The van der Waals surface area contributed by atoms with Gasteiger partial charge in [0.1, 0.15) is 0 Å². The SMILES string of the molecule is CCOC1CC(CC(N)Cc2ccccc2Br)C1. The maximum atomic E-state index is 6.24. The molecule has 3 heteroatoms. The van der Waals surface area contributed by atoms with Crippen LogP contribution in [0.15, 0.2) is 28.7 Å². The molecule has 18 heavy (non-hydrogen) atoms. The minimum Gasteiger partial charge on any atom is -0.378 e. The van der Waals surface area contributed by atoms with Gasteiger partial charge in [-0.25, -0.2) is 0 Å². The van der Waals surface area contributed by atoms with Crippen molar-refractivity contribution in [1.82, 2.24) is 0 Å². The molecule has 1 fully saturated rings. The topological polar surface area (TPSA) is 35.2 Å². The van der Waals surface area contributed by atoms with Gasteiger partial charge in [-0.1, -0.05) is 34.1 Å². The Morgan fingerprint density at radius 3 is 2.78 bits per heavy atom. The molecule has 1 aromatic carbocycles. The lowest BCUT2D eigenvalue weighted by molar-refractivity contribution is -0.0280. The van der Waals surface area contributed by atoms with Crippen LogP contribution < -0.4 is 5.73 Å². The van der Waals surface area contributed by atoms with E-state index in [2.05, 4.69) is 41.1 Å². The van der Waals surface area contributed by atoms with E-state index in [1.165, 1.54) is 22.9 Å². The number of halogens is 1. The normalized spacial score (nSPS) is 24.6. The summed E-state index contributed by atoms with van der Waals surface area (Å²) in [6.45, 7) is 2.90. The number of ether oxygens (including phenoxy) is 1. The zero-order valence-electron chi connectivity index (χ0n) is 10.9. The van der Waals surface area contributed by atoms with E-state index in [4.69, 9.17) is 10.5 Å². The molecular formula is C15H22BrNO. The second-order valence-electron chi connectivity index (χ2n) is 5.21. The summed E-state index contributed by atoms with van der Waals surface area (Å²) in [6, 6.07) is 8.60. The Balaban J connectivity index is 1.73. The van der Waals surface area contributed by atoms with Gasteiger partial charge in [0.05, 0.1) is 6.10 Å². The van der Waals surface area contributed by atoms with Crippen molar-refractivity contribution in [3.63, 3.8) is 0 Å². The predicted octanol–water partition coefficient (Wildman–Crippen LogP) is 3.52. The molecule has 100 valence electrons. The van der Waals surface area contributed by atoms with Crippen LogP contribution in [-0.2, 0) is 11.2 Å². The Kier molecular flexibility index (Phi) is 5.22. The van der Waals surface area contributed by atoms with Crippen LogP contribution in [0.4, 0.5) is 0 Å². The molecular weight excluding hydrogens is 290 g/mol. The Bertz CT molecular complexity index is 377. The molecule has 2 rings (SSSR count). The molecule has 1 unspecified atom stereocenters. The second-order valence-corrected chi connectivity index (χ2v) is 6.06. The van der Waals surface area contributed by atoms with Gasteiger partial charge in [-0.15, -0.1) is 0 Å². The van der Waals surface area contributed by atoms with Crippen LogP contribution in [0, 0.1) is 5.92 Å². The highest BCUT2D eigenvalue weighted by Gasteiger charge is 2.30. The zero-order chi connectivity index (χ0) is 13.0. The minimum absolute atomic E-state index is 0.260. The fourth-order valence-corrected chi connectivity index (χ4v) is 3.14. The smallest absolute Gasteiger partial charge is 0.0580 e. The molecule has 2 nitrogen and oxygen atoms in total. The fourth-order valence-electron chi connectivity index (χ4n) is 2.70. The van der Waals surface area contributed by atoms with E-state index in [0.717, 1.165) is 25.4 Å². The van der Waals surface area contributed by atoms with Crippen molar-refractivity contribution >= 4 is 15.9 Å². The molecule has 0 bridgehead atoms. The Morgan fingerprint density at radius 1 is 1.39 bits per heavy atom. The predicted molar refractivity (Wildman–Crippen MR) is 78.6 cm³/mol. The van der Waals surface area contributed by atoms with Gasteiger partial charge in [-0.2, -0.15) is 0 Å². The maximum absolute atomic E-state index is 6.24. The second kappa shape index (κ2) is 6.69. The quantitative estimate of drug-likeness (QED) is 0.872. The van der Waals surface area contributed by atoms with Crippen LogP contribution in [0.5, 0.6) is 0 Å². The van der Waals surface area contributed by atoms with Gasteiger partial charge in [-0.05, 0) is 50.2 Å². The van der Waals surface area contributed by atoms with Gasteiger partial charge >= 0.3 is 0 Å². The molecule has 1 aliphatic rings. The Morgan fingerprint density at radius 2 is 2.11 bits per heavy atom. The van der Waals surface area contributed by atoms with Gasteiger partial charge in [0.15, 0.2) is 0 Å². The summed E-state index contributed by atoms with van der Waals surface area (Å²) >= 11 is 3.58. The summed E-state index contributed by atoms with van der Waals surface area (Å²) in [5.41, 5.74) is 7.55. The Hall–Kier alpha value is -0.380. The van der Waals surface area contributed by atoms with E-state index in [1.807, 2.05) is 6.07 Å². The first-order valence-electron chi connectivity index (χ1n) is 6.79. The molecule has 1 aliphatic carbocycles. The maximum Gasteiger partial charge on any atom is 0.0580 e. The van der Waals surface area contributed by atoms with E-state index < -0.39 is 0 Å². The van der Waals surface area contributed by atoms with Crippen molar-refractivity contribution in [2.24, 2.45) is 11.7 Å². The fraction of sp³-hybridized carbons (Fsp3) is 0.600. The molecule has 0 aliphatic heterocycles. The van der Waals surface area contributed by atoms with E-state index in [0.29, 0.717) is 6.10 Å². The number of rotatable bonds is 6. The first kappa shape index (κ1) is 14.0. The van der Waals surface area contributed by atoms with E-state index >= 15 is 0 Å². The van der Waals surface area contributed by atoms with E-state index in [-0.39, 0.29) is 6.04 Å². The Labute approximate surface area is 118 Å². The summed E-state index contributed by atoms with van der Waals surface area (Å²) in [5.74, 6) is 0.763. The number of benzene rings is 1. The molecule has 0 amide bonds. The van der Waals surface area contributed by atoms with E-state index in [9.17, 15) is 0 Å². The van der Waals surface area contributed by atoms with Crippen LogP contribution in [0.25, 0.3) is 0 Å².